The average Bonchev–Trinajstić information content (AvgIpc) is 3.34. The van der Waals surface area contributed by atoms with Crippen LogP contribution < -0.4 is 9.47 Å². The second-order valence-electron chi connectivity index (χ2n) is 11.6. The first-order chi connectivity index (χ1) is 18.0. The number of aryl methyl sites for hydroxylation is 1. The second kappa shape index (κ2) is 12.8. The number of hydrogen-bond acceptors (Lipinski definition) is 5. The number of carbonyl (C=O) groups is 1. The molecule has 0 amide bonds. The molecule has 6 nitrogen and oxygen atoms in total. The van der Waals surface area contributed by atoms with Crippen molar-refractivity contribution in [2.75, 3.05) is 14.2 Å². The van der Waals surface area contributed by atoms with E-state index in [0.717, 1.165) is 48.2 Å². The fraction of sp³-hybridized carbons (Fsp3) is 0.484. The molecule has 1 aromatic heterocycles. The highest BCUT2D eigenvalue weighted by Gasteiger charge is 2.41. The van der Waals surface area contributed by atoms with E-state index in [-0.39, 0.29) is 17.1 Å². The fourth-order valence-corrected chi connectivity index (χ4v) is 5.85. The summed E-state index contributed by atoms with van der Waals surface area (Å²) in [6.07, 6.45) is 7.01. The molecule has 7 heteroatoms. The Balaban J connectivity index is 2.05. The van der Waals surface area contributed by atoms with Gasteiger partial charge < -0.3 is 13.9 Å². The van der Waals surface area contributed by atoms with Crippen LogP contribution in [0, 0.1) is 12.8 Å². The van der Waals surface area contributed by atoms with Crippen molar-refractivity contribution in [1.82, 2.24) is 9.78 Å². The number of aldehydes is 1. The van der Waals surface area contributed by atoms with Gasteiger partial charge in [0.25, 0.3) is 0 Å². The van der Waals surface area contributed by atoms with E-state index in [1.807, 2.05) is 17.8 Å². The molecule has 1 unspecified atom stereocenters. The van der Waals surface area contributed by atoms with E-state index in [0.29, 0.717) is 12.1 Å². The van der Waals surface area contributed by atoms with E-state index in [1.54, 1.807) is 20.4 Å². The van der Waals surface area contributed by atoms with Gasteiger partial charge in [0.1, 0.15) is 11.5 Å². The van der Waals surface area contributed by atoms with E-state index in [1.165, 1.54) is 5.56 Å². The molecule has 0 fully saturated rings. The first kappa shape index (κ1) is 29.6. The Morgan fingerprint density at radius 1 is 1.05 bits per heavy atom. The maximum atomic E-state index is 11.4. The van der Waals surface area contributed by atoms with Gasteiger partial charge >= 0.3 is 0 Å². The Labute approximate surface area is 229 Å². The molecule has 1 heterocycles. The lowest BCUT2D eigenvalue weighted by molar-refractivity contribution is 0.0970. The normalized spacial score (nSPS) is 13.7. The summed E-state index contributed by atoms with van der Waals surface area (Å²) in [5.74, 6) is 1.69. The molecular weight excluding hydrogens is 492 g/mol. The van der Waals surface area contributed by atoms with Crippen molar-refractivity contribution in [3.63, 3.8) is 0 Å². The molecule has 38 heavy (non-hydrogen) atoms. The summed E-state index contributed by atoms with van der Waals surface area (Å²) in [4.78, 5) is 11.4. The lowest BCUT2D eigenvalue weighted by atomic mass is 9.89. The van der Waals surface area contributed by atoms with Crippen molar-refractivity contribution in [2.45, 2.75) is 77.7 Å². The average molecular weight is 537 g/mol. The minimum absolute atomic E-state index is 0.0368. The standard InChI is InChI=1S/C31H44N2O4Si/c1-23-28(35-5)17-27(18-29(23)36-6)30(37-38(7,8)31(2,3)4)26(21-33-20-25(22-34)19-32-33)16-12-15-24-13-10-9-11-14-24/h9-11,13-14,17-20,22,26,30H,12,15-16,21H2,1-8H3/t26-,30?/m1/s1. The van der Waals surface area contributed by atoms with E-state index in [4.69, 9.17) is 13.9 Å². The number of methoxy groups -OCH3 is 2. The van der Waals surface area contributed by atoms with Crippen LogP contribution in [0.25, 0.3) is 0 Å². The highest BCUT2D eigenvalue weighted by atomic mass is 28.4. The third-order valence-corrected chi connectivity index (χ3v) is 12.3. The molecule has 0 aliphatic carbocycles. The minimum Gasteiger partial charge on any atom is -0.496 e. The molecule has 0 radical (unpaired) electrons. The van der Waals surface area contributed by atoms with Crippen LogP contribution >= 0.6 is 0 Å². The van der Waals surface area contributed by atoms with Crippen molar-refractivity contribution >= 4 is 14.6 Å². The summed E-state index contributed by atoms with van der Waals surface area (Å²) in [6, 6.07) is 14.8. The van der Waals surface area contributed by atoms with Crippen LogP contribution in [0.5, 0.6) is 11.5 Å². The number of ether oxygens (including phenoxy) is 2. The highest BCUT2D eigenvalue weighted by Crippen LogP contribution is 2.44. The van der Waals surface area contributed by atoms with Gasteiger partial charge in [0, 0.05) is 24.2 Å². The lowest BCUT2D eigenvalue weighted by Crippen LogP contribution is -2.43. The molecular formula is C31H44N2O4Si. The number of carbonyl (C=O) groups excluding carboxylic acids is 1. The van der Waals surface area contributed by atoms with Gasteiger partial charge in [-0.2, -0.15) is 5.10 Å². The van der Waals surface area contributed by atoms with Crippen LogP contribution in [-0.2, 0) is 17.4 Å². The topological polar surface area (TPSA) is 62.6 Å². The van der Waals surface area contributed by atoms with Crippen molar-refractivity contribution in [3.05, 3.63) is 77.1 Å². The maximum Gasteiger partial charge on any atom is 0.192 e. The molecule has 0 bridgehead atoms. The molecule has 0 aliphatic rings. The summed E-state index contributed by atoms with van der Waals surface area (Å²) in [5, 5.41) is 4.52. The SMILES string of the molecule is COc1cc(C(O[Si](C)(C)C(C)(C)C)[C@H](CCCc2ccccc2)Cn2cc(C=O)cn2)cc(OC)c1C. The lowest BCUT2D eigenvalue weighted by Gasteiger charge is -2.42. The Kier molecular flexibility index (Phi) is 9.96. The number of benzene rings is 2. The molecule has 3 rings (SSSR count). The van der Waals surface area contributed by atoms with Crippen molar-refractivity contribution in [1.29, 1.82) is 0 Å². The van der Waals surface area contributed by atoms with Crippen molar-refractivity contribution in [3.8, 4) is 11.5 Å². The zero-order valence-electron chi connectivity index (χ0n) is 24.3. The van der Waals surface area contributed by atoms with E-state index in [2.05, 4.69) is 81.4 Å². The fourth-order valence-electron chi connectivity index (χ4n) is 4.53. The van der Waals surface area contributed by atoms with Crippen LogP contribution in [-0.4, -0.2) is 38.6 Å². The number of nitrogens with zero attached hydrogens (tertiary/aromatic N) is 2. The first-order valence-electron chi connectivity index (χ1n) is 13.4. The van der Waals surface area contributed by atoms with Gasteiger partial charge in [-0.05, 0) is 67.6 Å². The molecule has 0 saturated carbocycles. The summed E-state index contributed by atoms with van der Waals surface area (Å²) in [7, 11) is 1.21. The molecule has 0 spiro atoms. The van der Waals surface area contributed by atoms with Gasteiger partial charge in [-0.3, -0.25) is 9.48 Å². The van der Waals surface area contributed by atoms with Gasteiger partial charge in [0.15, 0.2) is 14.6 Å². The quantitative estimate of drug-likeness (QED) is 0.168. The first-order valence-corrected chi connectivity index (χ1v) is 16.3. The van der Waals surface area contributed by atoms with Crippen molar-refractivity contribution < 1.29 is 18.7 Å². The zero-order chi connectivity index (χ0) is 27.9. The largest absolute Gasteiger partial charge is 0.496 e. The van der Waals surface area contributed by atoms with E-state index in [9.17, 15) is 4.79 Å². The summed E-state index contributed by atoms with van der Waals surface area (Å²) < 4.78 is 20.6. The zero-order valence-corrected chi connectivity index (χ0v) is 25.3. The Hall–Kier alpha value is -2.90. The van der Waals surface area contributed by atoms with Gasteiger partial charge in [0.2, 0.25) is 0 Å². The highest BCUT2D eigenvalue weighted by molar-refractivity contribution is 6.74. The van der Waals surface area contributed by atoms with Gasteiger partial charge in [-0.15, -0.1) is 0 Å². The van der Waals surface area contributed by atoms with Crippen LogP contribution in [0.15, 0.2) is 54.9 Å². The van der Waals surface area contributed by atoms with Gasteiger partial charge in [-0.1, -0.05) is 51.1 Å². The molecule has 2 atom stereocenters. The number of aromatic nitrogens is 2. The Morgan fingerprint density at radius 2 is 1.68 bits per heavy atom. The minimum atomic E-state index is -2.17. The third kappa shape index (κ3) is 7.35. The van der Waals surface area contributed by atoms with Crippen molar-refractivity contribution in [2.24, 2.45) is 5.92 Å². The Morgan fingerprint density at radius 3 is 2.21 bits per heavy atom. The molecule has 0 N–H and O–H groups in total. The van der Waals surface area contributed by atoms with Crippen LogP contribution in [0.2, 0.25) is 18.1 Å². The third-order valence-electron chi connectivity index (χ3n) is 7.85. The summed E-state index contributed by atoms with van der Waals surface area (Å²) >= 11 is 0. The molecule has 0 aliphatic heterocycles. The summed E-state index contributed by atoms with van der Waals surface area (Å²) in [5.41, 5.74) is 3.91. The van der Waals surface area contributed by atoms with E-state index >= 15 is 0 Å². The predicted octanol–water partition coefficient (Wildman–Crippen LogP) is 7.42. The predicted molar refractivity (Wildman–Crippen MR) is 156 cm³/mol. The van der Waals surface area contributed by atoms with Crippen LogP contribution in [0.3, 0.4) is 0 Å². The van der Waals surface area contributed by atoms with E-state index < -0.39 is 8.32 Å². The van der Waals surface area contributed by atoms with Gasteiger partial charge in [0.05, 0.1) is 32.1 Å². The molecule has 2 aromatic carbocycles. The second-order valence-corrected chi connectivity index (χ2v) is 16.4. The maximum absolute atomic E-state index is 11.4. The van der Waals surface area contributed by atoms with Crippen LogP contribution in [0.4, 0.5) is 0 Å². The van der Waals surface area contributed by atoms with Crippen LogP contribution in [0.1, 0.15) is 66.8 Å². The molecule has 0 saturated heterocycles. The number of rotatable bonds is 13. The molecule has 3 aromatic rings. The summed E-state index contributed by atoms with van der Waals surface area (Å²) in [6.45, 7) is 14.0. The smallest absolute Gasteiger partial charge is 0.192 e. The number of hydrogen-bond donors (Lipinski definition) is 0. The van der Waals surface area contributed by atoms with Gasteiger partial charge in [-0.25, -0.2) is 0 Å². The monoisotopic (exact) mass is 536 g/mol. The Bertz CT molecular complexity index is 1160. The molecule has 206 valence electrons.